The topological polar surface area (TPSA) is 82.2 Å². The molecule has 29 heavy (non-hydrogen) atoms. The molecule has 0 aliphatic carbocycles. The van der Waals surface area contributed by atoms with Gasteiger partial charge in [0, 0.05) is 23.7 Å². The maximum Gasteiger partial charge on any atom is 0.573 e. The number of halogens is 4. The van der Waals surface area contributed by atoms with Crippen LogP contribution in [0.25, 0.3) is 11.3 Å². The number of alkyl halides is 3. The highest BCUT2D eigenvalue weighted by Gasteiger charge is 2.31. The van der Waals surface area contributed by atoms with Gasteiger partial charge < -0.3 is 15.8 Å². The fraction of sp³-hybridized carbons (Fsp3) is 0.158. The van der Waals surface area contributed by atoms with Gasteiger partial charge in [0.1, 0.15) is 11.6 Å². The summed E-state index contributed by atoms with van der Waals surface area (Å²) in [5.74, 6) is -0.474. The lowest BCUT2D eigenvalue weighted by Crippen LogP contribution is -2.18. The maximum atomic E-state index is 12.5. The molecular formula is C19H16ClF3N4O2. The summed E-state index contributed by atoms with van der Waals surface area (Å²) < 4.78 is 42.0. The number of carbonyl (C=O) groups excluding carboxylic acids is 1. The van der Waals surface area contributed by atoms with E-state index >= 15 is 0 Å². The van der Waals surface area contributed by atoms with Crippen LogP contribution in [-0.2, 0) is 7.05 Å². The highest BCUT2D eigenvalue weighted by Crippen LogP contribution is 2.31. The molecule has 0 spiro atoms. The van der Waals surface area contributed by atoms with E-state index in [9.17, 15) is 18.0 Å². The summed E-state index contributed by atoms with van der Waals surface area (Å²) in [6, 6.07) is 9.72. The van der Waals surface area contributed by atoms with Crippen molar-refractivity contribution in [2.45, 2.75) is 13.3 Å². The van der Waals surface area contributed by atoms with Gasteiger partial charge in [0.2, 0.25) is 0 Å². The second-order valence-electron chi connectivity index (χ2n) is 6.21. The minimum absolute atomic E-state index is 0.164. The van der Waals surface area contributed by atoms with Crippen molar-refractivity contribution in [2.24, 2.45) is 7.05 Å². The first-order chi connectivity index (χ1) is 13.5. The fourth-order valence-corrected chi connectivity index (χ4v) is 2.92. The first-order valence-corrected chi connectivity index (χ1v) is 8.69. The molecule has 3 aromatic rings. The Morgan fingerprint density at radius 3 is 2.45 bits per heavy atom. The number of anilines is 2. The SMILES string of the molecule is Cc1c(-c2ccc(N)c(Cl)c2)nn(C)c1NC(=O)c1ccc(OC(F)(F)F)cc1. The van der Waals surface area contributed by atoms with Gasteiger partial charge in [-0.1, -0.05) is 17.7 Å². The third kappa shape index (κ3) is 4.62. The Kier molecular flexibility index (Phi) is 5.43. The minimum Gasteiger partial charge on any atom is -0.406 e. The van der Waals surface area contributed by atoms with Crippen LogP contribution < -0.4 is 15.8 Å². The molecule has 0 fully saturated rings. The third-order valence-electron chi connectivity index (χ3n) is 4.14. The van der Waals surface area contributed by atoms with Gasteiger partial charge in [-0.25, -0.2) is 0 Å². The molecule has 10 heteroatoms. The summed E-state index contributed by atoms with van der Waals surface area (Å²) in [7, 11) is 1.66. The van der Waals surface area contributed by atoms with Crippen molar-refractivity contribution < 1.29 is 22.7 Å². The van der Waals surface area contributed by atoms with E-state index in [-0.39, 0.29) is 5.56 Å². The highest BCUT2D eigenvalue weighted by molar-refractivity contribution is 6.33. The predicted molar refractivity (Wildman–Crippen MR) is 104 cm³/mol. The molecule has 0 saturated carbocycles. The van der Waals surface area contributed by atoms with Gasteiger partial charge in [0.25, 0.3) is 5.91 Å². The number of ether oxygens (including phenoxy) is 1. The maximum absolute atomic E-state index is 12.5. The molecule has 0 radical (unpaired) electrons. The number of hydrogen-bond acceptors (Lipinski definition) is 4. The normalized spacial score (nSPS) is 11.4. The number of hydrogen-bond donors (Lipinski definition) is 2. The van der Waals surface area contributed by atoms with Gasteiger partial charge in [0.15, 0.2) is 0 Å². The molecule has 0 aliphatic heterocycles. The van der Waals surface area contributed by atoms with Crippen LogP contribution in [0.1, 0.15) is 15.9 Å². The zero-order chi connectivity index (χ0) is 21.3. The van der Waals surface area contributed by atoms with Crippen molar-refractivity contribution in [1.82, 2.24) is 9.78 Å². The summed E-state index contributed by atoms with van der Waals surface area (Å²) in [5.41, 5.74) is 8.36. The van der Waals surface area contributed by atoms with Crippen LogP contribution in [-0.4, -0.2) is 22.1 Å². The van der Waals surface area contributed by atoms with Crippen molar-refractivity contribution in [3.63, 3.8) is 0 Å². The second-order valence-corrected chi connectivity index (χ2v) is 6.62. The van der Waals surface area contributed by atoms with Crippen LogP contribution in [0.15, 0.2) is 42.5 Å². The molecule has 2 aromatic carbocycles. The number of amides is 1. The summed E-state index contributed by atoms with van der Waals surface area (Å²) in [5, 5.41) is 7.52. The van der Waals surface area contributed by atoms with Crippen molar-refractivity contribution in [2.75, 3.05) is 11.1 Å². The van der Waals surface area contributed by atoms with Gasteiger partial charge in [-0.3, -0.25) is 9.48 Å². The van der Waals surface area contributed by atoms with E-state index in [4.69, 9.17) is 17.3 Å². The third-order valence-corrected chi connectivity index (χ3v) is 4.47. The molecule has 6 nitrogen and oxygen atoms in total. The van der Waals surface area contributed by atoms with Gasteiger partial charge >= 0.3 is 6.36 Å². The van der Waals surface area contributed by atoms with Crippen molar-refractivity contribution in [1.29, 1.82) is 0 Å². The average molecular weight is 425 g/mol. The van der Waals surface area contributed by atoms with E-state index in [1.165, 1.54) is 16.8 Å². The number of nitrogens with zero attached hydrogens (tertiary/aromatic N) is 2. The fourth-order valence-electron chi connectivity index (χ4n) is 2.74. The molecule has 1 aromatic heterocycles. The average Bonchev–Trinajstić information content (AvgIpc) is 2.91. The zero-order valence-corrected chi connectivity index (χ0v) is 16.1. The lowest BCUT2D eigenvalue weighted by Gasteiger charge is -2.10. The molecule has 152 valence electrons. The van der Waals surface area contributed by atoms with Crippen LogP contribution in [0.2, 0.25) is 5.02 Å². The Morgan fingerprint density at radius 2 is 1.86 bits per heavy atom. The number of carbonyl (C=O) groups is 1. The lowest BCUT2D eigenvalue weighted by molar-refractivity contribution is -0.274. The van der Waals surface area contributed by atoms with Gasteiger partial charge in [-0.15, -0.1) is 13.2 Å². The summed E-state index contributed by atoms with van der Waals surface area (Å²) in [6.45, 7) is 1.78. The molecule has 0 atom stereocenters. The van der Waals surface area contributed by atoms with Gasteiger partial charge in [-0.05, 0) is 43.3 Å². The minimum atomic E-state index is -4.79. The molecule has 0 bridgehead atoms. The number of nitrogens with one attached hydrogen (secondary N) is 1. The first kappa shape index (κ1) is 20.5. The van der Waals surface area contributed by atoms with E-state index in [2.05, 4.69) is 15.2 Å². The van der Waals surface area contributed by atoms with Crippen molar-refractivity contribution in [3.05, 3.63) is 58.6 Å². The Hall–Kier alpha value is -3.20. The number of nitrogens with two attached hydrogens (primary N) is 1. The summed E-state index contributed by atoms with van der Waals surface area (Å²) >= 11 is 6.07. The number of nitrogen functional groups attached to an aromatic ring is 1. The largest absolute Gasteiger partial charge is 0.573 e. The van der Waals surface area contributed by atoms with Gasteiger partial charge in [-0.2, -0.15) is 5.10 Å². The number of aromatic nitrogens is 2. The smallest absolute Gasteiger partial charge is 0.406 e. The van der Waals surface area contributed by atoms with Gasteiger partial charge in [0.05, 0.1) is 16.4 Å². The van der Waals surface area contributed by atoms with E-state index in [1.54, 1.807) is 32.2 Å². The molecular weight excluding hydrogens is 409 g/mol. The summed E-state index contributed by atoms with van der Waals surface area (Å²) in [6.07, 6.45) is -4.79. The molecule has 0 unspecified atom stereocenters. The monoisotopic (exact) mass is 424 g/mol. The molecule has 0 aliphatic rings. The Labute approximate surface area is 169 Å². The Morgan fingerprint density at radius 1 is 1.21 bits per heavy atom. The van der Waals surface area contributed by atoms with Crippen LogP contribution in [0.5, 0.6) is 5.75 Å². The van der Waals surface area contributed by atoms with Crippen molar-refractivity contribution >= 4 is 29.0 Å². The summed E-state index contributed by atoms with van der Waals surface area (Å²) in [4.78, 5) is 12.5. The quantitative estimate of drug-likeness (QED) is 0.590. The van der Waals surface area contributed by atoms with Crippen LogP contribution in [0.4, 0.5) is 24.7 Å². The van der Waals surface area contributed by atoms with Crippen LogP contribution >= 0.6 is 11.6 Å². The van der Waals surface area contributed by atoms with Crippen LogP contribution in [0.3, 0.4) is 0 Å². The van der Waals surface area contributed by atoms with Crippen molar-refractivity contribution in [3.8, 4) is 17.0 Å². The van der Waals surface area contributed by atoms with E-state index in [1.807, 2.05) is 0 Å². The Balaban J connectivity index is 1.82. The molecule has 0 saturated heterocycles. The number of aryl methyl sites for hydroxylation is 1. The molecule has 1 heterocycles. The second kappa shape index (κ2) is 7.67. The number of benzene rings is 2. The zero-order valence-electron chi connectivity index (χ0n) is 15.3. The van der Waals surface area contributed by atoms with E-state index < -0.39 is 18.0 Å². The number of rotatable bonds is 4. The standard InChI is InChI=1S/C19H16ClF3N4O2/c1-10-16(12-5-8-15(24)14(20)9-12)26-27(2)17(10)25-18(28)11-3-6-13(7-4-11)29-19(21,22)23/h3-9H,24H2,1-2H3,(H,25,28). The molecule has 3 N–H and O–H groups in total. The van der Waals surface area contributed by atoms with Crippen LogP contribution in [0, 0.1) is 6.92 Å². The Bertz CT molecular complexity index is 1060. The molecule has 1 amide bonds. The predicted octanol–water partition coefficient (Wildman–Crippen LogP) is 4.78. The lowest BCUT2D eigenvalue weighted by atomic mass is 10.1. The van der Waals surface area contributed by atoms with E-state index in [0.29, 0.717) is 27.8 Å². The molecule has 3 rings (SSSR count). The first-order valence-electron chi connectivity index (χ1n) is 8.31. The highest BCUT2D eigenvalue weighted by atomic mass is 35.5. The van der Waals surface area contributed by atoms with E-state index in [0.717, 1.165) is 17.7 Å².